The van der Waals surface area contributed by atoms with Gasteiger partial charge >= 0.3 is 0 Å². The molecule has 0 saturated carbocycles. The lowest BCUT2D eigenvalue weighted by Crippen LogP contribution is -2.44. The standard InChI is InChI=1S/C37H37Cl2NO3/c1-36(2)17-28-34(30(41)19-36)33(27-16-26(39)13-14-32(27)43-22-24-11-8-12-25(38)15-24)35-29(18-37(3,4)20-31(35)42)40(28)21-23-9-6-5-7-10-23/h5-16,33H,17-22H2,1-4H3. The Bertz CT molecular complexity index is 1610. The molecule has 1 aliphatic heterocycles. The van der Waals surface area contributed by atoms with Crippen molar-refractivity contribution in [1.29, 1.82) is 0 Å². The lowest BCUT2D eigenvalue weighted by atomic mass is 9.63. The van der Waals surface area contributed by atoms with Crippen molar-refractivity contribution in [3.05, 3.63) is 122 Å². The van der Waals surface area contributed by atoms with Crippen LogP contribution < -0.4 is 4.74 Å². The first kappa shape index (κ1) is 29.7. The minimum Gasteiger partial charge on any atom is -0.489 e. The maximum atomic E-state index is 14.2. The van der Waals surface area contributed by atoms with Crippen molar-refractivity contribution < 1.29 is 14.3 Å². The lowest BCUT2D eigenvalue weighted by Gasteiger charge is -2.49. The molecule has 3 aromatic carbocycles. The highest BCUT2D eigenvalue weighted by Crippen LogP contribution is 2.56. The maximum absolute atomic E-state index is 14.2. The summed E-state index contributed by atoms with van der Waals surface area (Å²) >= 11 is 12.9. The number of carbonyl (C=O) groups excluding carboxylic acids is 2. The molecule has 2 aliphatic carbocycles. The molecule has 0 amide bonds. The number of hydrogen-bond acceptors (Lipinski definition) is 4. The zero-order chi connectivity index (χ0) is 30.5. The van der Waals surface area contributed by atoms with Crippen LogP contribution in [0, 0.1) is 10.8 Å². The number of Topliss-reactive ketones (excluding diaryl/α,β-unsaturated/α-hetero) is 2. The van der Waals surface area contributed by atoms with E-state index in [0.717, 1.165) is 40.9 Å². The SMILES string of the molecule is CC1(C)CC(=O)C2=C(C1)N(Cc1ccccc1)C1=C(C(=O)CC(C)(C)C1)C2c1cc(Cl)ccc1OCc1cccc(Cl)c1. The zero-order valence-corrected chi connectivity index (χ0v) is 26.7. The molecule has 0 bridgehead atoms. The smallest absolute Gasteiger partial charge is 0.162 e. The predicted octanol–water partition coefficient (Wildman–Crippen LogP) is 9.46. The fraction of sp³-hybridized carbons (Fsp3) is 0.351. The van der Waals surface area contributed by atoms with Gasteiger partial charge in [-0.05, 0) is 65.1 Å². The van der Waals surface area contributed by atoms with Gasteiger partial charge in [0.2, 0.25) is 0 Å². The molecule has 3 aliphatic rings. The highest BCUT2D eigenvalue weighted by atomic mass is 35.5. The van der Waals surface area contributed by atoms with Crippen LogP contribution in [-0.2, 0) is 22.7 Å². The average Bonchev–Trinajstić information content (AvgIpc) is 2.92. The second-order valence-electron chi connectivity index (χ2n) is 13.7. The van der Waals surface area contributed by atoms with E-state index < -0.39 is 5.92 Å². The van der Waals surface area contributed by atoms with Gasteiger partial charge in [0, 0.05) is 63.5 Å². The van der Waals surface area contributed by atoms with Crippen molar-refractivity contribution >= 4 is 34.8 Å². The molecule has 4 nitrogen and oxygen atoms in total. The number of nitrogens with zero attached hydrogens (tertiary/aromatic N) is 1. The summed E-state index contributed by atoms with van der Waals surface area (Å²) in [4.78, 5) is 30.8. The molecule has 6 rings (SSSR count). The summed E-state index contributed by atoms with van der Waals surface area (Å²) in [5.74, 6) is 0.232. The molecule has 0 saturated heterocycles. The van der Waals surface area contributed by atoms with Crippen molar-refractivity contribution in [3.63, 3.8) is 0 Å². The minimum absolute atomic E-state index is 0.0827. The number of halogens is 2. The second-order valence-corrected chi connectivity index (χ2v) is 14.6. The molecule has 0 atom stereocenters. The van der Waals surface area contributed by atoms with Crippen LogP contribution in [0.5, 0.6) is 5.75 Å². The maximum Gasteiger partial charge on any atom is 0.162 e. The normalized spacial score (nSPS) is 19.8. The third kappa shape index (κ3) is 6.05. The fourth-order valence-electron chi connectivity index (χ4n) is 6.98. The van der Waals surface area contributed by atoms with Gasteiger partial charge in [-0.1, -0.05) is 93.4 Å². The molecule has 0 N–H and O–H groups in total. The second kappa shape index (κ2) is 11.3. The molecule has 0 radical (unpaired) electrons. The Morgan fingerprint density at radius 2 is 1.30 bits per heavy atom. The summed E-state index contributed by atoms with van der Waals surface area (Å²) in [7, 11) is 0. The molecule has 3 aromatic rings. The molecule has 0 fully saturated rings. The number of allylic oxidation sites excluding steroid dienone is 4. The van der Waals surface area contributed by atoms with E-state index in [2.05, 4.69) is 44.7 Å². The van der Waals surface area contributed by atoms with Crippen molar-refractivity contribution in [1.82, 2.24) is 4.90 Å². The topological polar surface area (TPSA) is 46.6 Å². The van der Waals surface area contributed by atoms with Gasteiger partial charge in [0.1, 0.15) is 12.4 Å². The van der Waals surface area contributed by atoms with Crippen LogP contribution in [0.1, 0.15) is 76.0 Å². The summed E-state index contributed by atoms with van der Waals surface area (Å²) in [6, 6.07) is 23.4. The van der Waals surface area contributed by atoms with Crippen LogP contribution in [0.25, 0.3) is 0 Å². The monoisotopic (exact) mass is 613 g/mol. The van der Waals surface area contributed by atoms with E-state index in [0.29, 0.717) is 52.9 Å². The molecule has 1 heterocycles. The first-order valence-electron chi connectivity index (χ1n) is 14.9. The van der Waals surface area contributed by atoms with Crippen LogP contribution >= 0.6 is 23.2 Å². The highest BCUT2D eigenvalue weighted by molar-refractivity contribution is 6.31. The summed E-state index contributed by atoms with van der Waals surface area (Å²) in [5, 5.41) is 1.17. The quantitative estimate of drug-likeness (QED) is 0.278. The summed E-state index contributed by atoms with van der Waals surface area (Å²) in [6.45, 7) is 9.52. The Balaban J connectivity index is 1.55. The number of ketones is 2. The highest BCUT2D eigenvalue weighted by Gasteiger charge is 2.49. The Morgan fingerprint density at radius 1 is 0.721 bits per heavy atom. The molecule has 0 spiro atoms. The molecule has 222 valence electrons. The molecule has 6 heteroatoms. The van der Waals surface area contributed by atoms with Gasteiger partial charge in [-0.15, -0.1) is 0 Å². The predicted molar refractivity (Wildman–Crippen MR) is 172 cm³/mol. The molecular weight excluding hydrogens is 577 g/mol. The average molecular weight is 615 g/mol. The van der Waals surface area contributed by atoms with Gasteiger partial charge < -0.3 is 9.64 Å². The molecule has 0 aromatic heterocycles. The van der Waals surface area contributed by atoms with Crippen LogP contribution in [0.3, 0.4) is 0 Å². The summed E-state index contributed by atoms with van der Waals surface area (Å²) in [5.41, 5.74) is 5.85. The fourth-order valence-corrected chi connectivity index (χ4v) is 7.37. The number of ether oxygens (including phenoxy) is 1. The van der Waals surface area contributed by atoms with Gasteiger partial charge in [-0.25, -0.2) is 0 Å². The first-order chi connectivity index (χ1) is 20.4. The lowest BCUT2D eigenvalue weighted by molar-refractivity contribution is -0.119. The van der Waals surface area contributed by atoms with Crippen LogP contribution in [0.15, 0.2) is 95.3 Å². The first-order valence-corrected chi connectivity index (χ1v) is 15.7. The van der Waals surface area contributed by atoms with E-state index in [4.69, 9.17) is 27.9 Å². The zero-order valence-electron chi connectivity index (χ0n) is 25.2. The van der Waals surface area contributed by atoms with Gasteiger partial charge in [0.15, 0.2) is 11.6 Å². The van der Waals surface area contributed by atoms with E-state index in [9.17, 15) is 9.59 Å². The van der Waals surface area contributed by atoms with E-state index in [1.54, 1.807) is 6.07 Å². The van der Waals surface area contributed by atoms with Crippen molar-refractivity contribution in [2.24, 2.45) is 10.8 Å². The summed E-state index contributed by atoms with van der Waals surface area (Å²) < 4.78 is 6.42. The van der Waals surface area contributed by atoms with E-state index in [-0.39, 0.29) is 22.4 Å². The Kier molecular flexibility index (Phi) is 7.81. The van der Waals surface area contributed by atoms with E-state index in [1.165, 1.54) is 0 Å². The molecule has 43 heavy (non-hydrogen) atoms. The van der Waals surface area contributed by atoms with Gasteiger partial charge in [0.25, 0.3) is 0 Å². The van der Waals surface area contributed by atoms with Crippen molar-refractivity contribution in [2.75, 3.05) is 0 Å². The third-order valence-corrected chi connectivity index (χ3v) is 9.24. The van der Waals surface area contributed by atoms with Crippen LogP contribution in [-0.4, -0.2) is 16.5 Å². The molecular formula is C37H37Cl2NO3. The van der Waals surface area contributed by atoms with Gasteiger partial charge in [-0.3, -0.25) is 9.59 Å². The van der Waals surface area contributed by atoms with E-state index >= 15 is 0 Å². The summed E-state index contributed by atoms with van der Waals surface area (Å²) in [6.07, 6.45) is 2.32. The number of carbonyl (C=O) groups is 2. The Morgan fingerprint density at radius 3 is 1.91 bits per heavy atom. The van der Waals surface area contributed by atoms with Gasteiger partial charge in [-0.2, -0.15) is 0 Å². The third-order valence-electron chi connectivity index (χ3n) is 8.77. The van der Waals surface area contributed by atoms with Crippen molar-refractivity contribution in [2.45, 2.75) is 72.4 Å². The molecule has 0 unspecified atom stereocenters. The number of hydrogen-bond donors (Lipinski definition) is 0. The largest absolute Gasteiger partial charge is 0.489 e. The minimum atomic E-state index is -0.544. The van der Waals surface area contributed by atoms with Crippen molar-refractivity contribution in [3.8, 4) is 5.75 Å². The van der Waals surface area contributed by atoms with Crippen LogP contribution in [0.4, 0.5) is 0 Å². The number of benzene rings is 3. The van der Waals surface area contributed by atoms with Crippen LogP contribution in [0.2, 0.25) is 10.0 Å². The number of rotatable bonds is 6. The Labute approximate surface area is 264 Å². The Hall–Kier alpha value is -3.34. The van der Waals surface area contributed by atoms with Gasteiger partial charge in [0.05, 0.1) is 0 Å². The van der Waals surface area contributed by atoms with E-state index in [1.807, 2.05) is 54.6 Å².